The molecule has 3 aromatic rings. The van der Waals surface area contributed by atoms with E-state index in [0.29, 0.717) is 35.4 Å². The van der Waals surface area contributed by atoms with Gasteiger partial charge in [-0.2, -0.15) is 0 Å². The van der Waals surface area contributed by atoms with Gasteiger partial charge in [0.2, 0.25) is 5.91 Å². The van der Waals surface area contributed by atoms with E-state index >= 15 is 0 Å². The summed E-state index contributed by atoms with van der Waals surface area (Å²) in [6, 6.07) is 13.0. The summed E-state index contributed by atoms with van der Waals surface area (Å²) in [6.07, 6.45) is 2.91. The van der Waals surface area contributed by atoms with E-state index in [2.05, 4.69) is 9.97 Å². The topological polar surface area (TPSA) is 75.3 Å². The van der Waals surface area contributed by atoms with Crippen LogP contribution < -0.4 is 5.56 Å². The minimum absolute atomic E-state index is 0.121. The zero-order valence-corrected chi connectivity index (χ0v) is 15.4. The summed E-state index contributed by atoms with van der Waals surface area (Å²) in [4.78, 5) is 33.5. The van der Waals surface area contributed by atoms with E-state index in [9.17, 15) is 14.0 Å². The molecule has 0 saturated carbocycles. The van der Waals surface area contributed by atoms with Crippen LogP contribution in [0.5, 0.6) is 0 Å². The summed E-state index contributed by atoms with van der Waals surface area (Å²) < 4.78 is 18.4. The van der Waals surface area contributed by atoms with E-state index in [0.717, 1.165) is 0 Å². The second-order valence-electron chi connectivity index (χ2n) is 6.17. The van der Waals surface area contributed by atoms with Crippen molar-refractivity contribution in [3.05, 3.63) is 82.2 Å². The number of ether oxygens (including phenoxy) is 1. The third-order valence-corrected chi connectivity index (χ3v) is 4.15. The largest absolute Gasteiger partial charge is 0.383 e. The number of fused-ring (bicyclic) bond motifs is 1. The van der Waals surface area contributed by atoms with Crippen molar-refractivity contribution in [3.63, 3.8) is 0 Å². The molecule has 0 saturated heterocycles. The molecule has 0 fully saturated rings. The second-order valence-corrected chi connectivity index (χ2v) is 6.17. The van der Waals surface area contributed by atoms with E-state index in [4.69, 9.17) is 4.74 Å². The highest BCUT2D eigenvalue weighted by Crippen LogP contribution is 2.09. The molecule has 28 heavy (non-hydrogen) atoms. The zero-order chi connectivity index (χ0) is 19.9. The molecule has 0 unspecified atom stereocenters. The van der Waals surface area contributed by atoms with E-state index < -0.39 is 0 Å². The molecule has 7 heteroatoms. The Labute approximate surface area is 161 Å². The fraction of sp³-hybridized carbons (Fsp3) is 0.190. The molecule has 0 radical (unpaired) electrons. The number of nitrogens with zero attached hydrogens (tertiary/aromatic N) is 2. The number of aromatic nitrogens is 2. The first-order valence-corrected chi connectivity index (χ1v) is 8.76. The SMILES string of the molecule is COCCN(Cc1nc2ccccc2c(=O)[nH]1)C(=O)/C=C/c1cccc(F)c1. The number of carbonyl (C=O) groups excluding carboxylic acids is 1. The second kappa shape index (κ2) is 9.05. The molecule has 1 aromatic heterocycles. The van der Waals surface area contributed by atoms with Gasteiger partial charge in [-0.1, -0.05) is 24.3 Å². The molecule has 0 bridgehead atoms. The summed E-state index contributed by atoms with van der Waals surface area (Å²) in [5.41, 5.74) is 0.892. The van der Waals surface area contributed by atoms with Crippen molar-refractivity contribution in [2.24, 2.45) is 0 Å². The summed E-state index contributed by atoms with van der Waals surface area (Å²) in [6.45, 7) is 0.770. The first kappa shape index (κ1) is 19.4. The van der Waals surface area contributed by atoms with Gasteiger partial charge in [-0.25, -0.2) is 9.37 Å². The Morgan fingerprint density at radius 1 is 1.25 bits per heavy atom. The Bertz CT molecular complexity index is 1060. The van der Waals surface area contributed by atoms with E-state index in [1.807, 2.05) is 0 Å². The number of hydrogen-bond acceptors (Lipinski definition) is 4. The smallest absolute Gasteiger partial charge is 0.258 e. The van der Waals surface area contributed by atoms with Crippen LogP contribution in [0.4, 0.5) is 4.39 Å². The standard InChI is InChI=1S/C21H20FN3O3/c1-28-12-11-25(20(26)10-9-15-5-4-6-16(22)13-15)14-19-23-18-8-3-2-7-17(18)21(27)24-19/h2-10,13H,11-12,14H2,1H3,(H,23,24,27)/b10-9+. The Morgan fingerprint density at radius 3 is 2.86 bits per heavy atom. The van der Waals surface area contributed by atoms with Gasteiger partial charge in [0.1, 0.15) is 11.6 Å². The number of nitrogens with one attached hydrogen (secondary N) is 1. The Balaban J connectivity index is 1.81. The lowest BCUT2D eigenvalue weighted by Gasteiger charge is -2.20. The van der Waals surface area contributed by atoms with Gasteiger partial charge in [-0.3, -0.25) is 9.59 Å². The van der Waals surface area contributed by atoms with Crippen LogP contribution in [-0.2, 0) is 16.1 Å². The van der Waals surface area contributed by atoms with Crippen molar-refractivity contribution < 1.29 is 13.9 Å². The van der Waals surface area contributed by atoms with Crippen molar-refractivity contribution in [2.45, 2.75) is 6.54 Å². The summed E-state index contributed by atoms with van der Waals surface area (Å²) in [7, 11) is 1.54. The molecule has 0 atom stereocenters. The molecule has 1 amide bonds. The molecule has 1 N–H and O–H groups in total. The predicted molar refractivity (Wildman–Crippen MR) is 105 cm³/mol. The molecule has 6 nitrogen and oxygen atoms in total. The molecule has 1 heterocycles. The maximum absolute atomic E-state index is 13.3. The van der Waals surface area contributed by atoms with Crippen molar-refractivity contribution >= 4 is 22.9 Å². The monoisotopic (exact) mass is 381 g/mol. The average molecular weight is 381 g/mol. The number of H-pyrrole nitrogens is 1. The number of amides is 1. The maximum Gasteiger partial charge on any atom is 0.258 e. The molecule has 0 spiro atoms. The average Bonchev–Trinajstić information content (AvgIpc) is 2.69. The Morgan fingerprint density at radius 2 is 2.07 bits per heavy atom. The van der Waals surface area contributed by atoms with Crippen molar-refractivity contribution in [3.8, 4) is 0 Å². The molecular formula is C21H20FN3O3. The van der Waals surface area contributed by atoms with Gasteiger partial charge in [0.25, 0.3) is 5.56 Å². The van der Waals surface area contributed by atoms with Crippen LogP contribution >= 0.6 is 0 Å². The molecule has 3 rings (SSSR count). The molecule has 0 aliphatic heterocycles. The maximum atomic E-state index is 13.3. The first-order chi connectivity index (χ1) is 13.6. The lowest BCUT2D eigenvalue weighted by molar-refractivity contribution is -0.127. The quantitative estimate of drug-likeness (QED) is 0.639. The van der Waals surface area contributed by atoms with Crippen LogP contribution in [0.3, 0.4) is 0 Å². The zero-order valence-electron chi connectivity index (χ0n) is 15.4. The molecular weight excluding hydrogens is 361 g/mol. The van der Waals surface area contributed by atoms with Crippen molar-refractivity contribution in [1.29, 1.82) is 0 Å². The minimum atomic E-state index is -0.372. The van der Waals surface area contributed by atoms with Crippen molar-refractivity contribution in [1.82, 2.24) is 14.9 Å². The van der Waals surface area contributed by atoms with E-state index in [1.54, 1.807) is 49.6 Å². The third-order valence-electron chi connectivity index (χ3n) is 4.15. The highest BCUT2D eigenvalue weighted by molar-refractivity contribution is 5.91. The molecule has 144 valence electrons. The highest BCUT2D eigenvalue weighted by Gasteiger charge is 2.14. The van der Waals surface area contributed by atoms with Gasteiger partial charge in [0, 0.05) is 19.7 Å². The van der Waals surface area contributed by atoms with Crippen LogP contribution in [0, 0.1) is 5.82 Å². The predicted octanol–water partition coefficient (Wildman–Crippen LogP) is 2.75. The lowest BCUT2D eigenvalue weighted by atomic mass is 10.2. The third kappa shape index (κ3) is 4.89. The Hall–Kier alpha value is -3.32. The molecule has 0 aliphatic rings. The van der Waals surface area contributed by atoms with E-state index in [-0.39, 0.29) is 23.8 Å². The highest BCUT2D eigenvalue weighted by atomic mass is 19.1. The number of hydrogen-bond donors (Lipinski definition) is 1. The number of benzene rings is 2. The Kier molecular flexibility index (Phi) is 6.29. The first-order valence-electron chi connectivity index (χ1n) is 8.76. The van der Waals surface area contributed by atoms with Crippen LogP contribution in [0.1, 0.15) is 11.4 Å². The fourth-order valence-electron chi connectivity index (χ4n) is 2.74. The van der Waals surface area contributed by atoms with Gasteiger partial charge >= 0.3 is 0 Å². The number of para-hydroxylation sites is 1. The van der Waals surface area contributed by atoms with Crippen LogP contribution in [0.25, 0.3) is 17.0 Å². The van der Waals surface area contributed by atoms with Gasteiger partial charge in [0.05, 0.1) is 24.1 Å². The number of carbonyl (C=O) groups is 1. The molecule has 2 aromatic carbocycles. The summed E-state index contributed by atoms with van der Waals surface area (Å²) in [5.74, 6) is -0.284. The summed E-state index contributed by atoms with van der Waals surface area (Å²) in [5, 5.41) is 0.493. The van der Waals surface area contributed by atoms with Gasteiger partial charge in [-0.05, 0) is 35.9 Å². The van der Waals surface area contributed by atoms with Crippen LogP contribution in [0.2, 0.25) is 0 Å². The number of methoxy groups -OCH3 is 1. The van der Waals surface area contributed by atoms with Gasteiger partial charge < -0.3 is 14.6 Å². The van der Waals surface area contributed by atoms with Gasteiger partial charge in [0.15, 0.2) is 0 Å². The number of halogens is 1. The van der Waals surface area contributed by atoms with Crippen molar-refractivity contribution in [2.75, 3.05) is 20.3 Å². The lowest BCUT2D eigenvalue weighted by Crippen LogP contribution is -2.33. The number of aromatic amines is 1. The van der Waals surface area contributed by atoms with Crippen LogP contribution in [0.15, 0.2) is 59.4 Å². The minimum Gasteiger partial charge on any atom is -0.383 e. The normalized spacial score (nSPS) is 11.2. The number of rotatable bonds is 7. The van der Waals surface area contributed by atoms with Crippen LogP contribution in [-0.4, -0.2) is 41.0 Å². The fourth-order valence-corrected chi connectivity index (χ4v) is 2.74. The molecule has 0 aliphatic carbocycles. The van der Waals surface area contributed by atoms with E-state index in [1.165, 1.54) is 23.1 Å². The summed E-state index contributed by atoms with van der Waals surface area (Å²) >= 11 is 0. The van der Waals surface area contributed by atoms with Gasteiger partial charge in [-0.15, -0.1) is 0 Å².